The molecule has 0 bridgehead atoms. The molecule has 0 aromatic carbocycles. The Morgan fingerprint density at radius 2 is 2.32 bits per heavy atom. The summed E-state index contributed by atoms with van der Waals surface area (Å²) in [5, 5.41) is 8.03. The molecule has 7 heteroatoms. The lowest BCUT2D eigenvalue weighted by molar-refractivity contribution is -0.106. The van der Waals surface area contributed by atoms with Gasteiger partial charge in [0.2, 0.25) is 0 Å². The van der Waals surface area contributed by atoms with Crippen molar-refractivity contribution in [2.24, 2.45) is 16.3 Å². The van der Waals surface area contributed by atoms with Crippen LogP contribution in [0.15, 0.2) is 11.2 Å². The normalized spacial score (nSPS) is 29.3. The summed E-state index contributed by atoms with van der Waals surface area (Å²) in [6.45, 7) is 8.23. The monoisotopic (exact) mass is 436 g/mol. The molecule has 3 rings (SSSR count). The molecule has 2 N–H and O–H groups in total. The first-order valence-corrected chi connectivity index (χ1v) is 8.34. The van der Waals surface area contributed by atoms with E-state index in [0.717, 1.165) is 30.5 Å². The van der Waals surface area contributed by atoms with E-state index in [0.29, 0.717) is 18.1 Å². The van der Waals surface area contributed by atoms with Crippen molar-refractivity contribution >= 4 is 41.3 Å². The maximum absolute atomic E-state index is 5.84. The summed E-state index contributed by atoms with van der Waals surface area (Å²) in [5.41, 5.74) is 0.163. The van der Waals surface area contributed by atoms with Gasteiger partial charge in [0.05, 0.1) is 12.6 Å². The third-order valence-electron chi connectivity index (χ3n) is 4.69. The van der Waals surface area contributed by atoms with E-state index in [4.69, 9.17) is 4.74 Å². The Bertz CT molecular complexity index is 545. The van der Waals surface area contributed by atoms with Gasteiger partial charge in [0.25, 0.3) is 0 Å². The minimum absolute atomic E-state index is 0. The number of guanidine groups is 1. The second-order valence-corrected chi connectivity index (χ2v) is 7.80. The first-order chi connectivity index (χ1) is 10.0. The first-order valence-electron chi connectivity index (χ1n) is 7.52. The van der Waals surface area contributed by atoms with E-state index < -0.39 is 0 Å². The maximum atomic E-state index is 5.84. The van der Waals surface area contributed by atoms with Crippen LogP contribution in [0.3, 0.4) is 0 Å². The molecule has 22 heavy (non-hydrogen) atoms. The van der Waals surface area contributed by atoms with Crippen molar-refractivity contribution in [1.82, 2.24) is 15.6 Å². The van der Waals surface area contributed by atoms with Gasteiger partial charge >= 0.3 is 0 Å². The lowest BCUT2D eigenvalue weighted by Crippen LogP contribution is -2.67. The van der Waals surface area contributed by atoms with Gasteiger partial charge in [-0.3, -0.25) is 4.99 Å². The maximum Gasteiger partial charge on any atom is 0.191 e. The average Bonchev–Trinajstić information content (AvgIpc) is 3.06. The molecule has 3 unspecified atom stereocenters. The summed E-state index contributed by atoms with van der Waals surface area (Å²) < 4.78 is 5.84. The van der Waals surface area contributed by atoms with Crippen LogP contribution in [-0.4, -0.2) is 36.7 Å². The topological polar surface area (TPSA) is 58.5 Å². The molecule has 1 aliphatic heterocycles. The van der Waals surface area contributed by atoms with Crippen LogP contribution < -0.4 is 10.6 Å². The number of hydrogen-bond donors (Lipinski definition) is 2. The molecular weight excluding hydrogens is 411 g/mol. The average molecular weight is 436 g/mol. The summed E-state index contributed by atoms with van der Waals surface area (Å²) in [4.78, 5) is 9.95. The van der Waals surface area contributed by atoms with Gasteiger partial charge in [-0.05, 0) is 13.3 Å². The highest BCUT2D eigenvalue weighted by molar-refractivity contribution is 14.0. The number of aliphatic imine (C=N–C) groups is 1. The number of aryl methyl sites for hydroxylation is 1. The summed E-state index contributed by atoms with van der Waals surface area (Å²) in [6.07, 6.45) is 3.46. The summed E-state index contributed by atoms with van der Waals surface area (Å²) in [6, 6.07) is 0.425. The zero-order valence-corrected chi connectivity index (χ0v) is 16.7. The first kappa shape index (κ1) is 17.9. The van der Waals surface area contributed by atoms with E-state index in [1.807, 2.05) is 13.2 Å². The van der Waals surface area contributed by atoms with Gasteiger partial charge < -0.3 is 15.4 Å². The molecule has 2 aliphatic rings. The zero-order valence-electron chi connectivity index (χ0n) is 13.5. The lowest BCUT2D eigenvalue weighted by Gasteiger charge is -2.54. The van der Waals surface area contributed by atoms with E-state index in [9.17, 15) is 0 Å². The van der Waals surface area contributed by atoms with E-state index in [-0.39, 0.29) is 29.4 Å². The number of halogens is 1. The van der Waals surface area contributed by atoms with Gasteiger partial charge in [-0.2, -0.15) is 0 Å². The van der Waals surface area contributed by atoms with Crippen molar-refractivity contribution in [3.63, 3.8) is 0 Å². The SMILES string of the molecule is CN=C(NCc1ncc(C)s1)NC1C2CCOC2C1(C)C.I. The fourth-order valence-corrected chi connectivity index (χ4v) is 4.33. The molecule has 0 amide bonds. The third-order valence-corrected chi connectivity index (χ3v) is 5.61. The fraction of sp³-hybridized carbons (Fsp3) is 0.733. The highest BCUT2D eigenvalue weighted by Gasteiger charge is 2.59. The van der Waals surface area contributed by atoms with E-state index in [2.05, 4.69) is 41.4 Å². The minimum Gasteiger partial charge on any atom is -0.377 e. The van der Waals surface area contributed by atoms with Crippen LogP contribution >= 0.6 is 35.3 Å². The molecule has 1 aromatic heterocycles. The summed E-state index contributed by atoms with van der Waals surface area (Å²) >= 11 is 1.72. The van der Waals surface area contributed by atoms with Crippen LogP contribution in [0.5, 0.6) is 0 Å². The number of thiazole rings is 1. The fourth-order valence-electron chi connectivity index (χ4n) is 3.60. The van der Waals surface area contributed by atoms with Gasteiger partial charge in [-0.15, -0.1) is 35.3 Å². The van der Waals surface area contributed by atoms with Crippen molar-refractivity contribution in [2.45, 2.75) is 45.9 Å². The second kappa shape index (κ2) is 7.00. The van der Waals surface area contributed by atoms with Crippen LogP contribution in [-0.2, 0) is 11.3 Å². The molecule has 124 valence electrons. The molecule has 1 aromatic rings. The Morgan fingerprint density at radius 3 is 2.95 bits per heavy atom. The van der Waals surface area contributed by atoms with Crippen molar-refractivity contribution in [3.05, 3.63) is 16.1 Å². The van der Waals surface area contributed by atoms with Gasteiger partial charge in [0.15, 0.2) is 5.96 Å². The van der Waals surface area contributed by atoms with Gasteiger partial charge in [0, 0.05) is 42.1 Å². The van der Waals surface area contributed by atoms with Gasteiger partial charge in [-0.25, -0.2) is 4.98 Å². The van der Waals surface area contributed by atoms with E-state index in [1.165, 1.54) is 4.88 Å². The largest absolute Gasteiger partial charge is 0.377 e. The van der Waals surface area contributed by atoms with Crippen LogP contribution in [0.25, 0.3) is 0 Å². The number of ether oxygens (including phenoxy) is 1. The zero-order chi connectivity index (χ0) is 15.0. The number of nitrogens with zero attached hydrogens (tertiary/aromatic N) is 2. The van der Waals surface area contributed by atoms with Crippen molar-refractivity contribution < 1.29 is 4.74 Å². The van der Waals surface area contributed by atoms with Crippen LogP contribution in [0, 0.1) is 18.3 Å². The molecule has 1 saturated carbocycles. The minimum atomic E-state index is 0. The van der Waals surface area contributed by atoms with Crippen molar-refractivity contribution in [1.29, 1.82) is 0 Å². The Balaban J connectivity index is 0.00000176. The van der Waals surface area contributed by atoms with Gasteiger partial charge in [0.1, 0.15) is 5.01 Å². The smallest absolute Gasteiger partial charge is 0.191 e. The number of nitrogens with one attached hydrogen (secondary N) is 2. The third kappa shape index (κ3) is 3.26. The van der Waals surface area contributed by atoms with Gasteiger partial charge in [-0.1, -0.05) is 13.8 Å². The van der Waals surface area contributed by atoms with Crippen molar-refractivity contribution in [3.8, 4) is 0 Å². The van der Waals surface area contributed by atoms with Crippen LogP contribution in [0.2, 0.25) is 0 Å². The number of fused-ring (bicyclic) bond motifs is 1. The predicted octanol–water partition coefficient (Wildman–Crippen LogP) is 2.55. The molecule has 1 aliphatic carbocycles. The standard InChI is InChI=1S/C15H24N4OS.HI/c1-9-7-17-11(21-9)8-18-14(16-4)19-12-10-5-6-20-13(10)15(12,2)3;/h7,10,12-13H,5-6,8H2,1-4H3,(H2,16,18,19);1H. The predicted molar refractivity (Wildman–Crippen MR) is 101 cm³/mol. The molecular formula is C15H25IN4OS. The molecule has 3 atom stereocenters. The molecule has 2 heterocycles. The number of hydrogen-bond acceptors (Lipinski definition) is 4. The molecule has 0 spiro atoms. The van der Waals surface area contributed by atoms with Crippen LogP contribution in [0.1, 0.15) is 30.2 Å². The molecule has 0 radical (unpaired) electrons. The Morgan fingerprint density at radius 1 is 1.55 bits per heavy atom. The second-order valence-electron chi connectivity index (χ2n) is 6.48. The quantitative estimate of drug-likeness (QED) is 0.435. The van der Waals surface area contributed by atoms with E-state index >= 15 is 0 Å². The Labute approximate surface area is 153 Å². The Hall–Kier alpha value is -0.410. The lowest BCUT2D eigenvalue weighted by atomic mass is 9.57. The summed E-state index contributed by atoms with van der Waals surface area (Å²) in [7, 11) is 1.82. The molecule has 1 saturated heterocycles. The highest BCUT2D eigenvalue weighted by Crippen LogP contribution is 2.52. The Kier molecular flexibility index (Phi) is 5.71. The highest BCUT2D eigenvalue weighted by atomic mass is 127. The van der Waals surface area contributed by atoms with Crippen LogP contribution in [0.4, 0.5) is 0 Å². The van der Waals surface area contributed by atoms with E-state index in [1.54, 1.807) is 11.3 Å². The number of aromatic nitrogens is 1. The summed E-state index contributed by atoms with van der Waals surface area (Å²) in [5.74, 6) is 1.46. The van der Waals surface area contributed by atoms with Crippen molar-refractivity contribution in [2.75, 3.05) is 13.7 Å². The molecule has 2 fully saturated rings. The number of rotatable bonds is 3. The molecule has 5 nitrogen and oxygen atoms in total.